The molecule has 0 atom stereocenters. The maximum Gasteiger partial charge on any atom is 0.305 e. The highest BCUT2D eigenvalue weighted by molar-refractivity contribution is 7.09. The molecule has 1 N–H and O–H groups in total. The first kappa shape index (κ1) is 17.0. The van der Waals surface area contributed by atoms with Crippen molar-refractivity contribution in [2.75, 3.05) is 20.2 Å². The van der Waals surface area contributed by atoms with Crippen LogP contribution in [0.5, 0.6) is 5.75 Å². The number of aryl methyl sites for hydroxylation is 1. The van der Waals surface area contributed by atoms with Gasteiger partial charge in [0.2, 0.25) is 0 Å². The number of amides is 1. The van der Waals surface area contributed by atoms with Crippen LogP contribution in [0.2, 0.25) is 0 Å². The van der Waals surface area contributed by atoms with Gasteiger partial charge >= 0.3 is 5.97 Å². The highest BCUT2D eigenvalue weighted by Gasteiger charge is 2.13. The number of para-hydroxylation sites is 1. The molecule has 2 aromatic rings. The monoisotopic (exact) mass is 334 g/mol. The van der Waals surface area contributed by atoms with Gasteiger partial charge in [0.25, 0.3) is 5.91 Å². The van der Waals surface area contributed by atoms with Crippen molar-refractivity contribution in [2.45, 2.75) is 13.3 Å². The van der Waals surface area contributed by atoms with Crippen molar-refractivity contribution in [1.29, 1.82) is 0 Å². The Morgan fingerprint density at radius 2 is 2.09 bits per heavy atom. The van der Waals surface area contributed by atoms with Crippen LogP contribution in [0, 0.1) is 6.92 Å². The predicted octanol–water partition coefficient (Wildman–Crippen LogP) is 2.43. The van der Waals surface area contributed by atoms with Crippen LogP contribution in [0.3, 0.4) is 0 Å². The zero-order valence-electron chi connectivity index (χ0n) is 13.0. The molecule has 0 aliphatic carbocycles. The minimum atomic E-state index is -0.935. The van der Waals surface area contributed by atoms with E-state index in [2.05, 4.69) is 4.98 Å². The number of nitrogens with zero attached hydrogens (tertiary/aromatic N) is 2. The second kappa shape index (κ2) is 7.73. The molecule has 2 rings (SSSR count). The number of likely N-dealkylation sites (N-methyl/N-ethyl adjacent to an activating group) is 1. The number of ether oxygens (including phenoxy) is 1. The van der Waals surface area contributed by atoms with Gasteiger partial charge in [0, 0.05) is 24.5 Å². The Hall–Kier alpha value is -2.41. The molecule has 0 saturated heterocycles. The lowest BCUT2D eigenvalue weighted by molar-refractivity contribution is -0.138. The van der Waals surface area contributed by atoms with E-state index in [0.717, 1.165) is 16.3 Å². The Bertz CT molecular complexity index is 699. The Kier molecular flexibility index (Phi) is 5.70. The number of carbonyl (C=O) groups is 2. The number of aliphatic carboxylic acids is 1. The fourth-order valence-electron chi connectivity index (χ4n) is 1.93. The molecule has 0 unspecified atom stereocenters. The van der Waals surface area contributed by atoms with Crippen molar-refractivity contribution in [2.24, 2.45) is 0 Å². The van der Waals surface area contributed by atoms with Gasteiger partial charge in [-0.15, -0.1) is 11.3 Å². The summed E-state index contributed by atoms with van der Waals surface area (Å²) in [4.78, 5) is 28.3. The fraction of sp³-hybridized carbons (Fsp3) is 0.312. The molecule has 23 heavy (non-hydrogen) atoms. The number of aromatic nitrogens is 1. The van der Waals surface area contributed by atoms with E-state index >= 15 is 0 Å². The van der Waals surface area contributed by atoms with E-state index in [1.807, 2.05) is 30.5 Å². The van der Waals surface area contributed by atoms with Gasteiger partial charge in [-0.25, -0.2) is 4.98 Å². The molecule has 0 fully saturated rings. The third kappa shape index (κ3) is 4.79. The molecule has 1 aromatic carbocycles. The number of carbonyl (C=O) groups excluding carboxylic acids is 1. The number of hydrogen-bond acceptors (Lipinski definition) is 5. The summed E-state index contributed by atoms with van der Waals surface area (Å²) >= 11 is 1.55. The summed E-state index contributed by atoms with van der Waals surface area (Å²) in [7, 11) is 1.56. The lowest BCUT2D eigenvalue weighted by atomic mass is 10.1. The van der Waals surface area contributed by atoms with Gasteiger partial charge in [-0.1, -0.05) is 12.1 Å². The van der Waals surface area contributed by atoms with E-state index in [0.29, 0.717) is 5.75 Å². The number of rotatable bonds is 7. The van der Waals surface area contributed by atoms with E-state index in [4.69, 9.17) is 9.84 Å². The predicted molar refractivity (Wildman–Crippen MR) is 87.7 cm³/mol. The van der Waals surface area contributed by atoms with E-state index in [1.54, 1.807) is 24.5 Å². The molecule has 7 heteroatoms. The zero-order chi connectivity index (χ0) is 16.8. The lowest BCUT2D eigenvalue weighted by Gasteiger charge is -2.17. The second-order valence-electron chi connectivity index (χ2n) is 5.00. The van der Waals surface area contributed by atoms with Crippen LogP contribution in [-0.2, 0) is 9.59 Å². The van der Waals surface area contributed by atoms with Crippen molar-refractivity contribution in [3.8, 4) is 17.0 Å². The molecule has 6 nitrogen and oxygen atoms in total. The summed E-state index contributed by atoms with van der Waals surface area (Å²) in [6, 6.07) is 7.39. The molecule has 0 aliphatic heterocycles. The summed E-state index contributed by atoms with van der Waals surface area (Å²) in [5.41, 5.74) is 1.65. The van der Waals surface area contributed by atoms with Crippen molar-refractivity contribution < 1.29 is 19.4 Å². The number of hydrogen-bond donors (Lipinski definition) is 1. The van der Waals surface area contributed by atoms with Gasteiger partial charge in [0.15, 0.2) is 6.61 Å². The van der Waals surface area contributed by atoms with E-state index < -0.39 is 5.97 Å². The number of thiazole rings is 1. The van der Waals surface area contributed by atoms with Crippen LogP contribution in [0.25, 0.3) is 11.3 Å². The quantitative estimate of drug-likeness (QED) is 0.841. The van der Waals surface area contributed by atoms with Gasteiger partial charge in [-0.3, -0.25) is 9.59 Å². The van der Waals surface area contributed by atoms with Crippen LogP contribution in [0.15, 0.2) is 29.6 Å². The maximum atomic E-state index is 12.0. The van der Waals surface area contributed by atoms with Gasteiger partial charge < -0.3 is 14.7 Å². The van der Waals surface area contributed by atoms with Gasteiger partial charge in [0.05, 0.1) is 17.1 Å². The first-order valence-corrected chi connectivity index (χ1v) is 7.95. The normalized spacial score (nSPS) is 10.3. The van der Waals surface area contributed by atoms with Crippen molar-refractivity contribution in [3.05, 3.63) is 34.7 Å². The van der Waals surface area contributed by atoms with E-state index in [9.17, 15) is 9.59 Å². The third-order valence-corrected chi connectivity index (χ3v) is 3.99. The first-order valence-electron chi connectivity index (χ1n) is 7.07. The van der Waals surface area contributed by atoms with Gasteiger partial charge in [0.1, 0.15) is 5.75 Å². The highest BCUT2D eigenvalue weighted by atomic mass is 32.1. The molecule has 0 saturated carbocycles. The van der Waals surface area contributed by atoms with Gasteiger partial charge in [-0.2, -0.15) is 0 Å². The fourth-order valence-corrected chi connectivity index (χ4v) is 2.54. The van der Waals surface area contributed by atoms with Gasteiger partial charge in [-0.05, 0) is 19.1 Å². The number of carboxylic acid groups (broad SMARTS) is 1. The van der Waals surface area contributed by atoms with Crippen molar-refractivity contribution in [3.63, 3.8) is 0 Å². The van der Waals surface area contributed by atoms with Crippen molar-refractivity contribution in [1.82, 2.24) is 9.88 Å². The largest absolute Gasteiger partial charge is 0.483 e. The first-order chi connectivity index (χ1) is 11.0. The van der Waals surface area contributed by atoms with Crippen LogP contribution in [0.4, 0.5) is 0 Å². The molecule has 1 aromatic heterocycles. The second-order valence-corrected chi connectivity index (χ2v) is 6.06. The Labute approximate surface area is 138 Å². The Morgan fingerprint density at radius 1 is 1.35 bits per heavy atom. The van der Waals surface area contributed by atoms with E-state index in [-0.39, 0.29) is 25.5 Å². The third-order valence-electron chi connectivity index (χ3n) is 3.22. The Morgan fingerprint density at radius 3 is 2.74 bits per heavy atom. The topological polar surface area (TPSA) is 79.7 Å². The maximum absolute atomic E-state index is 12.0. The smallest absolute Gasteiger partial charge is 0.305 e. The zero-order valence-corrected chi connectivity index (χ0v) is 13.8. The average Bonchev–Trinajstić information content (AvgIpc) is 2.96. The lowest BCUT2D eigenvalue weighted by Crippen LogP contribution is -2.33. The molecule has 122 valence electrons. The SMILES string of the molecule is Cc1nc(-c2ccccc2OCC(=O)N(C)CCC(=O)O)cs1. The summed E-state index contributed by atoms with van der Waals surface area (Å²) in [6.07, 6.45) is -0.0864. The van der Waals surface area contributed by atoms with Crippen LogP contribution in [0.1, 0.15) is 11.4 Å². The van der Waals surface area contributed by atoms with E-state index in [1.165, 1.54) is 4.90 Å². The molecular formula is C16H18N2O4S. The average molecular weight is 334 g/mol. The summed E-state index contributed by atoms with van der Waals surface area (Å²) in [5.74, 6) is -0.622. The Balaban J connectivity index is 2.01. The molecule has 1 amide bonds. The van der Waals surface area contributed by atoms with Crippen LogP contribution >= 0.6 is 11.3 Å². The van der Waals surface area contributed by atoms with Crippen LogP contribution < -0.4 is 4.74 Å². The summed E-state index contributed by atoms with van der Waals surface area (Å²) in [6.45, 7) is 1.94. The molecule has 0 radical (unpaired) electrons. The summed E-state index contributed by atoms with van der Waals surface area (Å²) in [5, 5.41) is 11.5. The highest BCUT2D eigenvalue weighted by Crippen LogP contribution is 2.30. The number of benzene rings is 1. The molecule has 0 aliphatic rings. The minimum Gasteiger partial charge on any atom is -0.483 e. The molecule has 1 heterocycles. The molecule has 0 spiro atoms. The minimum absolute atomic E-state index is 0.0864. The molecule has 0 bridgehead atoms. The van der Waals surface area contributed by atoms with Crippen LogP contribution in [-0.4, -0.2) is 47.1 Å². The molecular weight excluding hydrogens is 316 g/mol. The standard InChI is InChI=1S/C16H18N2O4S/c1-11-17-13(10-23-11)12-5-3-4-6-14(12)22-9-15(19)18(2)8-7-16(20)21/h3-6,10H,7-9H2,1-2H3,(H,20,21). The van der Waals surface area contributed by atoms with Crippen molar-refractivity contribution >= 4 is 23.2 Å². The summed E-state index contributed by atoms with van der Waals surface area (Å²) < 4.78 is 5.62. The number of carboxylic acids is 1.